The third kappa shape index (κ3) is 4.10. The molecule has 4 aromatic rings. The van der Waals surface area contributed by atoms with Crippen molar-refractivity contribution in [1.29, 1.82) is 0 Å². The Kier molecular flexibility index (Phi) is 5.87. The standard InChI is InChI=1S/C20H13Br2F2N5O/c1-10(19-25-5-2-6-26-19)30-15-8-11(21)7-14-16(15)20(28-9-27-14)29-13-4-3-12(23)17(22)18(13)24/h2-10H,1H3,(H,27,28,29). The van der Waals surface area contributed by atoms with Gasteiger partial charge in [-0.25, -0.2) is 28.7 Å². The number of aromatic nitrogens is 4. The van der Waals surface area contributed by atoms with Gasteiger partial charge in [0.1, 0.15) is 23.7 Å². The van der Waals surface area contributed by atoms with Gasteiger partial charge in [-0.05, 0) is 53.2 Å². The number of halogens is 4. The zero-order valence-electron chi connectivity index (χ0n) is 15.4. The molecule has 30 heavy (non-hydrogen) atoms. The minimum atomic E-state index is -0.771. The summed E-state index contributed by atoms with van der Waals surface area (Å²) < 4.78 is 34.7. The molecule has 0 bridgehead atoms. The summed E-state index contributed by atoms with van der Waals surface area (Å²) in [5.41, 5.74) is 0.622. The Balaban J connectivity index is 1.79. The van der Waals surface area contributed by atoms with Crippen LogP contribution in [-0.2, 0) is 0 Å². The highest BCUT2D eigenvalue weighted by molar-refractivity contribution is 9.10. The van der Waals surface area contributed by atoms with Crippen molar-refractivity contribution in [2.45, 2.75) is 13.0 Å². The molecule has 0 spiro atoms. The lowest BCUT2D eigenvalue weighted by molar-refractivity contribution is 0.219. The zero-order chi connectivity index (χ0) is 21.3. The molecule has 2 heterocycles. The highest BCUT2D eigenvalue weighted by atomic mass is 79.9. The number of nitrogens with zero attached hydrogens (tertiary/aromatic N) is 4. The van der Waals surface area contributed by atoms with Gasteiger partial charge in [0.05, 0.1) is 21.1 Å². The smallest absolute Gasteiger partial charge is 0.168 e. The van der Waals surface area contributed by atoms with Crippen molar-refractivity contribution < 1.29 is 13.5 Å². The maximum Gasteiger partial charge on any atom is 0.168 e. The van der Waals surface area contributed by atoms with Crippen molar-refractivity contribution in [2.75, 3.05) is 5.32 Å². The second-order valence-corrected chi connectivity index (χ2v) is 7.94. The summed E-state index contributed by atoms with van der Waals surface area (Å²) in [6, 6.07) is 7.71. The molecule has 0 radical (unpaired) electrons. The maximum atomic E-state index is 14.5. The van der Waals surface area contributed by atoms with Crippen LogP contribution in [-0.4, -0.2) is 19.9 Å². The van der Waals surface area contributed by atoms with E-state index in [4.69, 9.17) is 4.74 Å². The molecule has 2 aromatic heterocycles. The fraction of sp³-hybridized carbons (Fsp3) is 0.100. The lowest BCUT2D eigenvalue weighted by atomic mass is 10.2. The summed E-state index contributed by atoms with van der Waals surface area (Å²) in [5, 5.41) is 3.44. The summed E-state index contributed by atoms with van der Waals surface area (Å²) in [5.74, 6) is -0.210. The molecule has 152 valence electrons. The van der Waals surface area contributed by atoms with Gasteiger partial charge in [0, 0.05) is 16.9 Å². The van der Waals surface area contributed by atoms with Crippen molar-refractivity contribution in [3.63, 3.8) is 0 Å². The van der Waals surface area contributed by atoms with Gasteiger partial charge in [-0.2, -0.15) is 0 Å². The SMILES string of the molecule is CC(Oc1cc(Br)cc2ncnc(Nc3ccc(F)c(Br)c3F)c12)c1ncccn1. The molecule has 6 nitrogen and oxygen atoms in total. The maximum absolute atomic E-state index is 14.5. The first-order valence-corrected chi connectivity index (χ1v) is 10.3. The fourth-order valence-electron chi connectivity index (χ4n) is 2.82. The first-order chi connectivity index (χ1) is 14.4. The monoisotopic (exact) mass is 535 g/mol. The molecule has 1 N–H and O–H groups in total. The first-order valence-electron chi connectivity index (χ1n) is 8.72. The third-order valence-electron chi connectivity index (χ3n) is 4.21. The number of benzene rings is 2. The predicted molar refractivity (Wildman–Crippen MR) is 116 cm³/mol. The van der Waals surface area contributed by atoms with Crippen LogP contribution in [0, 0.1) is 11.6 Å². The normalized spacial score (nSPS) is 12.0. The van der Waals surface area contributed by atoms with E-state index in [1.165, 1.54) is 12.4 Å². The Bertz CT molecular complexity index is 1230. The third-order valence-corrected chi connectivity index (χ3v) is 5.39. The van der Waals surface area contributed by atoms with E-state index in [2.05, 4.69) is 57.1 Å². The summed E-state index contributed by atoms with van der Waals surface area (Å²) in [6.45, 7) is 1.82. The Hall–Kier alpha value is -2.72. The average Bonchev–Trinajstić information content (AvgIpc) is 2.74. The number of ether oxygens (including phenoxy) is 1. The minimum Gasteiger partial charge on any atom is -0.482 e. The number of hydrogen-bond acceptors (Lipinski definition) is 6. The van der Waals surface area contributed by atoms with E-state index in [0.717, 1.165) is 10.5 Å². The second kappa shape index (κ2) is 8.57. The fourth-order valence-corrected chi connectivity index (χ4v) is 3.59. The lowest BCUT2D eigenvalue weighted by Crippen LogP contribution is -2.08. The molecular formula is C20H13Br2F2N5O. The number of fused-ring (bicyclic) bond motifs is 1. The van der Waals surface area contributed by atoms with Crippen molar-refractivity contribution in [3.8, 4) is 5.75 Å². The molecule has 0 saturated heterocycles. The average molecular weight is 537 g/mol. The van der Waals surface area contributed by atoms with Crippen LogP contribution in [0.1, 0.15) is 18.9 Å². The van der Waals surface area contributed by atoms with Gasteiger partial charge >= 0.3 is 0 Å². The molecule has 1 unspecified atom stereocenters. The van der Waals surface area contributed by atoms with Crippen LogP contribution >= 0.6 is 31.9 Å². The summed E-state index contributed by atoms with van der Waals surface area (Å²) in [6.07, 6.45) is 4.15. The van der Waals surface area contributed by atoms with Crippen LogP contribution in [0.3, 0.4) is 0 Å². The lowest BCUT2D eigenvalue weighted by Gasteiger charge is -2.17. The molecule has 0 aliphatic rings. The minimum absolute atomic E-state index is 0.0524. The van der Waals surface area contributed by atoms with Crippen LogP contribution in [0.4, 0.5) is 20.3 Å². The van der Waals surface area contributed by atoms with Gasteiger partial charge in [-0.1, -0.05) is 15.9 Å². The first kappa shape index (κ1) is 20.5. The molecule has 2 aromatic carbocycles. The number of nitrogens with one attached hydrogen (secondary N) is 1. The van der Waals surface area contributed by atoms with E-state index in [1.807, 2.05) is 6.92 Å². The van der Waals surface area contributed by atoms with Crippen LogP contribution < -0.4 is 10.1 Å². The van der Waals surface area contributed by atoms with E-state index in [9.17, 15) is 8.78 Å². The van der Waals surface area contributed by atoms with Gasteiger partial charge < -0.3 is 10.1 Å². The molecule has 0 amide bonds. The van der Waals surface area contributed by atoms with Gasteiger partial charge in [-0.15, -0.1) is 0 Å². The molecule has 0 saturated carbocycles. The highest BCUT2D eigenvalue weighted by Gasteiger charge is 2.18. The Morgan fingerprint density at radius 1 is 1.03 bits per heavy atom. The number of hydrogen-bond donors (Lipinski definition) is 1. The number of anilines is 2. The van der Waals surface area contributed by atoms with Crippen molar-refractivity contribution in [1.82, 2.24) is 19.9 Å². The van der Waals surface area contributed by atoms with Gasteiger partial charge in [0.15, 0.2) is 17.7 Å². The molecule has 0 aliphatic heterocycles. The van der Waals surface area contributed by atoms with Crippen LogP contribution in [0.15, 0.2) is 58.0 Å². The quantitative estimate of drug-likeness (QED) is 0.310. The molecule has 1 atom stereocenters. The molecule has 0 fully saturated rings. The molecular weight excluding hydrogens is 524 g/mol. The van der Waals surface area contributed by atoms with Gasteiger partial charge in [0.25, 0.3) is 0 Å². The largest absolute Gasteiger partial charge is 0.482 e. The Morgan fingerprint density at radius 2 is 1.80 bits per heavy atom. The van der Waals surface area contributed by atoms with Gasteiger partial charge in [-0.3, -0.25) is 0 Å². The van der Waals surface area contributed by atoms with Crippen LogP contribution in [0.2, 0.25) is 0 Å². The summed E-state index contributed by atoms with van der Waals surface area (Å²) >= 11 is 6.36. The molecule has 0 aliphatic carbocycles. The Morgan fingerprint density at radius 3 is 2.57 bits per heavy atom. The highest BCUT2D eigenvalue weighted by Crippen LogP contribution is 2.37. The predicted octanol–water partition coefficient (Wildman–Crippen LogP) is 6.11. The van der Waals surface area contributed by atoms with E-state index in [1.54, 1.807) is 30.6 Å². The van der Waals surface area contributed by atoms with Crippen LogP contribution in [0.25, 0.3) is 10.9 Å². The van der Waals surface area contributed by atoms with E-state index >= 15 is 0 Å². The summed E-state index contributed by atoms with van der Waals surface area (Å²) in [7, 11) is 0. The van der Waals surface area contributed by atoms with Crippen molar-refractivity contribution >= 4 is 54.3 Å². The second-order valence-electron chi connectivity index (χ2n) is 6.24. The zero-order valence-corrected chi connectivity index (χ0v) is 18.6. The van der Waals surface area contributed by atoms with E-state index < -0.39 is 17.7 Å². The van der Waals surface area contributed by atoms with Crippen molar-refractivity contribution in [2.24, 2.45) is 0 Å². The van der Waals surface area contributed by atoms with E-state index in [0.29, 0.717) is 28.3 Å². The van der Waals surface area contributed by atoms with Crippen molar-refractivity contribution in [3.05, 3.63) is 75.5 Å². The number of rotatable bonds is 5. The van der Waals surface area contributed by atoms with Crippen LogP contribution in [0.5, 0.6) is 5.75 Å². The topological polar surface area (TPSA) is 72.8 Å². The summed E-state index contributed by atoms with van der Waals surface area (Å²) in [4.78, 5) is 16.9. The molecule has 4 rings (SSSR count). The van der Waals surface area contributed by atoms with Gasteiger partial charge in [0.2, 0.25) is 0 Å². The molecule has 10 heteroatoms. The Labute approximate surface area is 187 Å². The van der Waals surface area contributed by atoms with E-state index in [-0.39, 0.29) is 10.2 Å².